The Morgan fingerprint density at radius 1 is 1.43 bits per heavy atom. The van der Waals surface area contributed by atoms with Crippen molar-refractivity contribution in [1.29, 1.82) is 0 Å². The van der Waals surface area contributed by atoms with E-state index in [0.717, 1.165) is 18.7 Å². The predicted molar refractivity (Wildman–Crippen MR) is 84.1 cm³/mol. The molecule has 0 bridgehead atoms. The lowest BCUT2D eigenvalue weighted by Crippen LogP contribution is -2.54. The van der Waals surface area contributed by atoms with Crippen molar-refractivity contribution in [2.24, 2.45) is 5.92 Å². The van der Waals surface area contributed by atoms with Gasteiger partial charge in [-0.2, -0.15) is 11.8 Å². The van der Waals surface area contributed by atoms with Crippen LogP contribution in [-0.2, 0) is 19.4 Å². The third-order valence-electron chi connectivity index (χ3n) is 3.92. The zero-order valence-corrected chi connectivity index (χ0v) is 14.2. The zero-order chi connectivity index (χ0) is 15.5. The highest BCUT2D eigenvalue weighted by Gasteiger charge is 2.41. The summed E-state index contributed by atoms with van der Waals surface area (Å²) in [5.41, 5.74) is 0. The molecule has 2 aliphatic heterocycles. The summed E-state index contributed by atoms with van der Waals surface area (Å²) in [6, 6.07) is -0.00719. The smallest absolute Gasteiger partial charge is 0.230 e. The summed E-state index contributed by atoms with van der Waals surface area (Å²) in [4.78, 5) is 14.3. The number of sulfone groups is 1. The van der Waals surface area contributed by atoms with Crippen LogP contribution in [-0.4, -0.2) is 74.7 Å². The number of nitrogens with one attached hydrogen (secondary N) is 1. The lowest BCUT2D eigenvalue weighted by atomic mass is 10.0. The summed E-state index contributed by atoms with van der Waals surface area (Å²) in [7, 11) is -3.26. The number of hydrogen-bond acceptors (Lipinski definition) is 6. The van der Waals surface area contributed by atoms with Crippen LogP contribution in [0.15, 0.2) is 0 Å². The van der Waals surface area contributed by atoms with Gasteiger partial charge in [-0.25, -0.2) is 8.42 Å². The van der Waals surface area contributed by atoms with Crippen LogP contribution in [0.2, 0.25) is 0 Å². The molecule has 2 saturated heterocycles. The van der Waals surface area contributed by atoms with E-state index in [1.165, 1.54) is 6.26 Å². The SMILES string of the molecule is CCCNC1COCC1C(=O)N1CCSCC1S(C)(=O)=O. The molecule has 0 aromatic rings. The van der Waals surface area contributed by atoms with Gasteiger partial charge in [0.1, 0.15) is 5.37 Å². The van der Waals surface area contributed by atoms with E-state index in [2.05, 4.69) is 12.2 Å². The van der Waals surface area contributed by atoms with E-state index in [1.807, 2.05) is 0 Å². The minimum absolute atomic E-state index is 0.00719. The molecule has 1 amide bonds. The average Bonchev–Trinajstić information content (AvgIpc) is 2.91. The number of nitrogens with zero attached hydrogens (tertiary/aromatic N) is 1. The fourth-order valence-corrected chi connectivity index (χ4v) is 5.55. The van der Waals surface area contributed by atoms with Gasteiger partial charge in [0, 0.05) is 30.3 Å². The van der Waals surface area contributed by atoms with Crippen molar-refractivity contribution in [3.8, 4) is 0 Å². The molecule has 6 nitrogen and oxygen atoms in total. The van der Waals surface area contributed by atoms with Gasteiger partial charge in [0.15, 0.2) is 9.84 Å². The monoisotopic (exact) mass is 336 g/mol. The van der Waals surface area contributed by atoms with Crippen molar-refractivity contribution in [1.82, 2.24) is 10.2 Å². The number of carbonyl (C=O) groups is 1. The van der Waals surface area contributed by atoms with Gasteiger partial charge in [-0.3, -0.25) is 4.79 Å². The molecule has 0 radical (unpaired) electrons. The second-order valence-corrected chi connectivity index (χ2v) is 8.95. The Kier molecular flexibility index (Phi) is 5.93. The lowest BCUT2D eigenvalue weighted by Gasteiger charge is -2.36. The van der Waals surface area contributed by atoms with Crippen LogP contribution < -0.4 is 5.32 Å². The van der Waals surface area contributed by atoms with Gasteiger partial charge in [-0.05, 0) is 13.0 Å². The first-order valence-electron chi connectivity index (χ1n) is 7.33. The van der Waals surface area contributed by atoms with E-state index in [9.17, 15) is 13.2 Å². The molecule has 1 N–H and O–H groups in total. The summed E-state index contributed by atoms with van der Waals surface area (Å²) in [5.74, 6) is 0.893. The number of ether oxygens (including phenoxy) is 1. The fraction of sp³-hybridized carbons (Fsp3) is 0.923. The van der Waals surface area contributed by atoms with E-state index >= 15 is 0 Å². The van der Waals surface area contributed by atoms with Gasteiger partial charge in [0.05, 0.1) is 19.1 Å². The maximum atomic E-state index is 12.8. The largest absolute Gasteiger partial charge is 0.379 e. The van der Waals surface area contributed by atoms with Gasteiger partial charge in [0.25, 0.3) is 0 Å². The van der Waals surface area contributed by atoms with E-state index in [1.54, 1.807) is 16.7 Å². The first kappa shape index (κ1) is 17.1. The summed E-state index contributed by atoms with van der Waals surface area (Å²) in [5, 5.41) is 2.63. The summed E-state index contributed by atoms with van der Waals surface area (Å²) >= 11 is 1.59. The Bertz CT molecular complexity index is 469. The molecule has 0 aromatic carbocycles. The van der Waals surface area contributed by atoms with Crippen molar-refractivity contribution in [2.45, 2.75) is 24.8 Å². The molecule has 0 aliphatic carbocycles. The van der Waals surface area contributed by atoms with Crippen LogP contribution in [0.1, 0.15) is 13.3 Å². The third-order valence-corrected chi connectivity index (χ3v) is 6.56. The van der Waals surface area contributed by atoms with Crippen molar-refractivity contribution >= 4 is 27.5 Å². The molecular weight excluding hydrogens is 312 g/mol. The molecule has 2 fully saturated rings. The first-order chi connectivity index (χ1) is 9.95. The molecule has 3 atom stereocenters. The molecular formula is C13H24N2O4S2. The van der Waals surface area contributed by atoms with Crippen molar-refractivity contribution < 1.29 is 17.9 Å². The van der Waals surface area contributed by atoms with Crippen LogP contribution in [0.25, 0.3) is 0 Å². The Morgan fingerprint density at radius 3 is 2.86 bits per heavy atom. The van der Waals surface area contributed by atoms with Gasteiger partial charge >= 0.3 is 0 Å². The summed E-state index contributed by atoms with van der Waals surface area (Å²) in [6.07, 6.45) is 2.20. The van der Waals surface area contributed by atoms with Crippen molar-refractivity contribution in [2.75, 3.05) is 44.1 Å². The van der Waals surface area contributed by atoms with Gasteiger partial charge in [-0.1, -0.05) is 6.92 Å². The Hall–Kier alpha value is -0.310. The summed E-state index contributed by atoms with van der Waals surface area (Å²) < 4.78 is 29.3. The molecule has 2 aliphatic rings. The number of rotatable bonds is 5. The minimum Gasteiger partial charge on any atom is -0.379 e. The molecule has 2 heterocycles. The van der Waals surface area contributed by atoms with E-state index in [0.29, 0.717) is 25.5 Å². The topological polar surface area (TPSA) is 75.7 Å². The third kappa shape index (κ3) is 4.12. The van der Waals surface area contributed by atoms with E-state index in [-0.39, 0.29) is 17.9 Å². The van der Waals surface area contributed by atoms with Crippen molar-refractivity contribution in [3.63, 3.8) is 0 Å². The minimum atomic E-state index is -3.26. The first-order valence-corrected chi connectivity index (χ1v) is 10.4. The average molecular weight is 336 g/mol. The van der Waals surface area contributed by atoms with Gasteiger partial charge < -0.3 is 15.0 Å². The second kappa shape index (κ2) is 7.30. The maximum absolute atomic E-state index is 12.8. The van der Waals surface area contributed by atoms with Gasteiger partial charge in [-0.15, -0.1) is 0 Å². The number of hydrogen-bond donors (Lipinski definition) is 1. The molecule has 0 spiro atoms. The molecule has 0 aromatic heterocycles. The highest BCUT2D eigenvalue weighted by molar-refractivity contribution is 8.00. The Balaban J connectivity index is 2.09. The van der Waals surface area contributed by atoms with Crippen LogP contribution in [0, 0.1) is 5.92 Å². The standard InChI is InChI=1S/C13H24N2O4S2/c1-3-4-14-11-8-19-7-10(11)13(16)15-5-6-20-9-12(15)21(2,17)18/h10-12,14H,3-9H2,1-2H3. The number of amides is 1. The highest BCUT2D eigenvalue weighted by Crippen LogP contribution is 2.25. The Morgan fingerprint density at radius 2 is 2.19 bits per heavy atom. The molecule has 3 unspecified atom stereocenters. The fourth-order valence-electron chi connectivity index (χ4n) is 2.73. The second-order valence-electron chi connectivity index (χ2n) is 5.60. The number of carbonyl (C=O) groups excluding carboxylic acids is 1. The maximum Gasteiger partial charge on any atom is 0.230 e. The molecule has 0 saturated carbocycles. The molecule has 2 rings (SSSR count). The molecule has 21 heavy (non-hydrogen) atoms. The van der Waals surface area contributed by atoms with Crippen LogP contribution in [0.5, 0.6) is 0 Å². The highest BCUT2D eigenvalue weighted by atomic mass is 32.2. The van der Waals surface area contributed by atoms with E-state index < -0.39 is 15.2 Å². The lowest BCUT2D eigenvalue weighted by molar-refractivity contribution is -0.136. The predicted octanol–water partition coefficient (Wildman–Crippen LogP) is -0.0529. The van der Waals surface area contributed by atoms with Gasteiger partial charge in [0.2, 0.25) is 5.91 Å². The van der Waals surface area contributed by atoms with E-state index in [4.69, 9.17) is 4.74 Å². The van der Waals surface area contributed by atoms with Crippen LogP contribution >= 0.6 is 11.8 Å². The normalized spacial score (nSPS) is 30.6. The molecule has 122 valence electrons. The zero-order valence-electron chi connectivity index (χ0n) is 12.6. The quantitative estimate of drug-likeness (QED) is 0.758. The van der Waals surface area contributed by atoms with Crippen LogP contribution in [0.4, 0.5) is 0 Å². The Labute approximate surface area is 130 Å². The van der Waals surface area contributed by atoms with Crippen molar-refractivity contribution in [3.05, 3.63) is 0 Å². The number of thioether (sulfide) groups is 1. The molecule has 8 heteroatoms. The van der Waals surface area contributed by atoms with Crippen LogP contribution in [0.3, 0.4) is 0 Å². The summed E-state index contributed by atoms with van der Waals surface area (Å²) in [6.45, 7) is 4.30.